The third-order valence-electron chi connectivity index (χ3n) is 5.77. The molecule has 0 spiro atoms. The van der Waals surface area contributed by atoms with Crippen molar-refractivity contribution in [3.63, 3.8) is 0 Å². The maximum absolute atomic E-state index is 15.7. The van der Waals surface area contributed by atoms with Crippen molar-refractivity contribution in [2.24, 2.45) is 0 Å². The van der Waals surface area contributed by atoms with E-state index in [2.05, 4.69) is 10.2 Å². The average molecular weight is 457 g/mol. The highest BCUT2D eigenvalue weighted by atomic mass is 19.1. The summed E-state index contributed by atoms with van der Waals surface area (Å²) in [5.74, 6) is -1.73. The Morgan fingerprint density at radius 2 is 2.03 bits per heavy atom. The molecular weight excluding hydrogens is 432 g/mol. The van der Waals surface area contributed by atoms with Crippen LogP contribution in [-0.4, -0.2) is 46.7 Å². The molecule has 0 saturated heterocycles. The molecular formula is C24H25F2N3O4. The molecule has 0 amide bonds. The maximum atomic E-state index is 15.7. The largest absolute Gasteiger partial charge is 0.494 e. The quantitative estimate of drug-likeness (QED) is 0.386. The molecule has 2 aromatic carbocycles. The van der Waals surface area contributed by atoms with Gasteiger partial charge in [-0.25, -0.2) is 8.78 Å². The molecule has 4 rings (SSSR count). The summed E-state index contributed by atoms with van der Waals surface area (Å²) < 4.78 is 42.3. The van der Waals surface area contributed by atoms with Gasteiger partial charge in [0.1, 0.15) is 6.17 Å². The fraction of sp³-hybridized carbons (Fsp3) is 0.333. The number of aromatic amines is 1. The van der Waals surface area contributed by atoms with Gasteiger partial charge in [-0.05, 0) is 24.3 Å². The van der Waals surface area contributed by atoms with Crippen LogP contribution in [0.1, 0.15) is 37.7 Å². The van der Waals surface area contributed by atoms with Gasteiger partial charge >= 0.3 is 5.97 Å². The monoisotopic (exact) mass is 457 g/mol. The summed E-state index contributed by atoms with van der Waals surface area (Å²) in [5.41, 5.74) is 1.96. The van der Waals surface area contributed by atoms with Crippen LogP contribution in [-0.2, 0) is 14.9 Å². The molecule has 1 atom stereocenters. The SMILES string of the molecule is COCC(C)(C)c1c([C@@H](F)CC(=O)O)c2cc3[nH]ncc3cc2n1-c1ccc(F)c(OC)c1. The van der Waals surface area contributed by atoms with E-state index in [1.54, 1.807) is 25.4 Å². The van der Waals surface area contributed by atoms with Crippen LogP contribution in [0.15, 0.2) is 36.5 Å². The number of rotatable bonds is 8. The van der Waals surface area contributed by atoms with E-state index in [0.29, 0.717) is 27.8 Å². The number of nitrogens with zero attached hydrogens (tertiary/aromatic N) is 2. The van der Waals surface area contributed by atoms with Gasteiger partial charge in [0.2, 0.25) is 0 Å². The highest BCUT2D eigenvalue weighted by Crippen LogP contribution is 2.44. The molecule has 9 heteroatoms. The number of benzene rings is 2. The highest BCUT2D eigenvalue weighted by molar-refractivity contribution is 5.99. The molecule has 0 saturated carbocycles. The van der Waals surface area contributed by atoms with Crippen LogP contribution in [0.2, 0.25) is 0 Å². The highest BCUT2D eigenvalue weighted by Gasteiger charge is 2.35. The van der Waals surface area contributed by atoms with Gasteiger partial charge in [0.25, 0.3) is 0 Å². The molecule has 7 nitrogen and oxygen atoms in total. The maximum Gasteiger partial charge on any atom is 0.306 e. The number of halogens is 2. The number of aromatic nitrogens is 3. The molecule has 174 valence electrons. The van der Waals surface area contributed by atoms with Crippen molar-refractivity contribution < 1.29 is 28.2 Å². The van der Waals surface area contributed by atoms with E-state index < -0.39 is 29.8 Å². The summed E-state index contributed by atoms with van der Waals surface area (Å²) in [6, 6.07) is 8.03. The molecule has 2 N–H and O–H groups in total. The Balaban J connectivity index is 2.17. The Bertz CT molecular complexity index is 1340. The lowest BCUT2D eigenvalue weighted by Gasteiger charge is -2.29. The zero-order valence-corrected chi connectivity index (χ0v) is 18.8. The van der Waals surface area contributed by atoms with Crippen LogP contribution in [0.5, 0.6) is 5.75 Å². The Morgan fingerprint density at radius 1 is 1.27 bits per heavy atom. The van der Waals surface area contributed by atoms with Gasteiger partial charge in [0.05, 0.1) is 37.4 Å². The van der Waals surface area contributed by atoms with Crippen LogP contribution in [0.25, 0.3) is 27.5 Å². The van der Waals surface area contributed by atoms with Gasteiger partial charge in [-0.3, -0.25) is 9.89 Å². The normalized spacial score (nSPS) is 13.0. The summed E-state index contributed by atoms with van der Waals surface area (Å²) in [7, 11) is 2.92. The molecule has 0 aliphatic rings. The van der Waals surface area contributed by atoms with Gasteiger partial charge in [-0.15, -0.1) is 0 Å². The van der Waals surface area contributed by atoms with Crippen LogP contribution < -0.4 is 4.74 Å². The van der Waals surface area contributed by atoms with Crippen LogP contribution in [0.3, 0.4) is 0 Å². The molecule has 0 bridgehead atoms. The predicted octanol–water partition coefficient (Wildman–Crippen LogP) is 5.06. The second-order valence-corrected chi connectivity index (χ2v) is 8.63. The van der Waals surface area contributed by atoms with Gasteiger partial charge in [0, 0.05) is 46.3 Å². The lowest BCUT2D eigenvalue weighted by Crippen LogP contribution is -2.28. The third kappa shape index (κ3) is 3.93. The zero-order valence-electron chi connectivity index (χ0n) is 18.8. The van der Waals surface area contributed by atoms with Crippen molar-refractivity contribution in [3.8, 4) is 11.4 Å². The number of nitrogens with one attached hydrogen (secondary N) is 1. The van der Waals surface area contributed by atoms with Gasteiger partial charge in [-0.1, -0.05) is 13.8 Å². The third-order valence-corrected chi connectivity index (χ3v) is 5.77. The fourth-order valence-corrected chi connectivity index (χ4v) is 4.47. The van der Waals surface area contributed by atoms with Crippen molar-refractivity contribution in [1.82, 2.24) is 14.8 Å². The Morgan fingerprint density at radius 3 is 2.70 bits per heavy atom. The summed E-state index contributed by atoms with van der Waals surface area (Å²) in [6.07, 6.45) is -0.815. The van der Waals surface area contributed by atoms with Crippen molar-refractivity contribution in [2.75, 3.05) is 20.8 Å². The number of fused-ring (bicyclic) bond motifs is 2. The van der Waals surface area contributed by atoms with E-state index in [1.165, 1.54) is 19.2 Å². The first-order chi connectivity index (χ1) is 15.7. The second kappa shape index (κ2) is 8.47. The number of carboxylic acid groups (broad SMARTS) is 1. The van der Waals surface area contributed by atoms with Crippen LogP contribution in [0, 0.1) is 5.82 Å². The minimum absolute atomic E-state index is 0.0399. The van der Waals surface area contributed by atoms with Crippen molar-refractivity contribution >= 4 is 27.8 Å². The fourth-order valence-electron chi connectivity index (χ4n) is 4.47. The number of methoxy groups -OCH3 is 2. The van der Waals surface area contributed by atoms with Crippen molar-refractivity contribution in [3.05, 3.63) is 53.6 Å². The number of ether oxygens (including phenoxy) is 2. The van der Waals surface area contributed by atoms with E-state index >= 15 is 4.39 Å². The summed E-state index contributed by atoms with van der Waals surface area (Å²) in [4.78, 5) is 11.4. The number of hydrogen-bond acceptors (Lipinski definition) is 4. The molecule has 4 aromatic rings. The lowest BCUT2D eigenvalue weighted by atomic mass is 9.85. The summed E-state index contributed by atoms with van der Waals surface area (Å²) in [6.45, 7) is 4.03. The first-order valence-corrected chi connectivity index (χ1v) is 10.4. The van der Waals surface area contributed by atoms with Gasteiger partial charge < -0.3 is 19.1 Å². The van der Waals surface area contributed by atoms with E-state index in [4.69, 9.17) is 9.47 Å². The topological polar surface area (TPSA) is 89.4 Å². The number of hydrogen-bond donors (Lipinski definition) is 2. The van der Waals surface area contributed by atoms with Crippen LogP contribution >= 0.6 is 0 Å². The number of alkyl halides is 1. The number of aliphatic carboxylic acids is 1. The predicted molar refractivity (Wildman–Crippen MR) is 120 cm³/mol. The minimum atomic E-state index is -1.78. The molecule has 2 aromatic heterocycles. The summed E-state index contributed by atoms with van der Waals surface area (Å²) >= 11 is 0. The second-order valence-electron chi connectivity index (χ2n) is 8.63. The number of H-pyrrole nitrogens is 1. The first kappa shape index (κ1) is 22.7. The van der Waals surface area contributed by atoms with Crippen molar-refractivity contribution in [2.45, 2.75) is 31.9 Å². The van der Waals surface area contributed by atoms with E-state index in [9.17, 15) is 14.3 Å². The molecule has 33 heavy (non-hydrogen) atoms. The lowest BCUT2D eigenvalue weighted by molar-refractivity contribution is -0.138. The molecule has 0 fully saturated rings. The molecule has 0 aliphatic heterocycles. The molecule has 0 unspecified atom stereocenters. The average Bonchev–Trinajstić information content (AvgIpc) is 3.34. The van der Waals surface area contributed by atoms with Crippen LogP contribution in [0.4, 0.5) is 8.78 Å². The Hall–Kier alpha value is -3.46. The first-order valence-electron chi connectivity index (χ1n) is 10.4. The van der Waals surface area contributed by atoms with Crippen molar-refractivity contribution in [1.29, 1.82) is 0 Å². The standard InChI is InChI=1S/C24H25F2N3O4/c1-24(2,12-32-3)23-22(17(26)10-21(30)31)15-9-18-13(11-27-28-18)7-19(15)29(23)14-5-6-16(25)20(8-14)33-4/h5-9,11,17H,10,12H2,1-4H3,(H,27,28)(H,30,31)/t17-/m0/s1. The summed E-state index contributed by atoms with van der Waals surface area (Å²) in [5, 5.41) is 17.6. The molecule has 2 heterocycles. The minimum Gasteiger partial charge on any atom is -0.494 e. The Labute approximate surface area is 188 Å². The van der Waals surface area contributed by atoms with E-state index in [0.717, 1.165) is 5.39 Å². The van der Waals surface area contributed by atoms with Gasteiger partial charge in [-0.2, -0.15) is 5.10 Å². The number of carboxylic acids is 1. The van der Waals surface area contributed by atoms with E-state index in [-0.39, 0.29) is 17.9 Å². The molecule has 0 radical (unpaired) electrons. The smallest absolute Gasteiger partial charge is 0.306 e. The molecule has 0 aliphatic carbocycles. The zero-order chi connectivity index (χ0) is 23.9. The Kier molecular flexibility index (Phi) is 5.84. The number of carbonyl (C=O) groups is 1. The van der Waals surface area contributed by atoms with Gasteiger partial charge in [0.15, 0.2) is 11.6 Å². The van der Waals surface area contributed by atoms with E-state index in [1.807, 2.05) is 24.5 Å².